The highest BCUT2D eigenvalue weighted by Crippen LogP contribution is 2.23. The summed E-state index contributed by atoms with van der Waals surface area (Å²) < 4.78 is 0. The molecule has 2 saturated heterocycles. The number of carbonyl (C=O) groups is 1. The van der Waals surface area contributed by atoms with Crippen LogP contribution in [0.15, 0.2) is 60.7 Å². The van der Waals surface area contributed by atoms with Crippen molar-refractivity contribution in [2.45, 2.75) is 19.8 Å². The number of hydrogen-bond donors (Lipinski definition) is 0. The van der Waals surface area contributed by atoms with Crippen LogP contribution in [0, 0.1) is 6.92 Å². The van der Waals surface area contributed by atoms with Gasteiger partial charge in [0.1, 0.15) is 5.82 Å². The van der Waals surface area contributed by atoms with Crippen LogP contribution in [0.4, 0.5) is 11.8 Å². The predicted molar refractivity (Wildman–Crippen MR) is 128 cm³/mol. The van der Waals surface area contributed by atoms with Gasteiger partial charge in [0.2, 0.25) is 5.95 Å². The summed E-state index contributed by atoms with van der Waals surface area (Å²) >= 11 is 0. The summed E-state index contributed by atoms with van der Waals surface area (Å²) in [6.45, 7) is 7.02. The van der Waals surface area contributed by atoms with Gasteiger partial charge < -0.3 is 14.7 Å². The summed E-state index contributed by atoms with van der Waals surface area (Å²) in [4.78, 5) is 29.0. The van der Waals surface area contributed by atoms with Crippen molar-refractivity contribution in [1.82, 2.24) is 14.9 Å². The Hall–Kier alpha value is -3.41. The number of aryl methyl sites for hydroxylation is 1. The summed E-state index contributed by atoms with van der Waals surface area (Å²) in [5.41, 5.74) is 4.01. The average molecular weight is 428 g/mol. The van der Waals surface area contributed by atoms with E-state index >= 15 is 0 Å². The van der Waals surface area contributed by atoms with E-state index in [1.807, 2.05) is 54.3 Å². The van der Waals surface area contributed by atoms with Crippen molar-refractivity contribution in [3.8, 4) is 11.1 Å². The number of benzene rings is 2. The van der Waals surface area contributed by atoms with Crippen LogP contribution < -0.4 is 9.80 Å². The van der Waals surface area contributed by atoms with E-state index in [4.69, 9.17) is 4.98 Å². The van der Waals surface area contributed by atoms with Gasteiger partial charge in [0.05, 0.1) is 0 Å². The average Bonchev–Trinajstić information content (AvgIpc) is 3.39. The zero-order chi connectivity index (χ0) is 21.9. The molecule has 0 bridgehead atoms. The van der Waals surface area contributed by atoms with E-state index in [-0.39, 0.29) is 5.91 Å². The Labute approximate surface area is 189 Å². The van der Waals surface area contributed by atoms with Crippen molar-refractivity contribution in [2.24, 2.45) is 0 Å². The molecule has 2 aliphatic heterocycles. The normalized spacial score (nSPS) is 16.5. The summed E-state index contributed by atoms with van der Waals surface area (Å²) in [5.74, 6) is 1.90. The smallest absolute Gasteiger partial charge is 0.253 e. The predicted octanol–water partition coefficient (Wildman–Crippen LogP) is 4.01. The van der Waals surface area contributed by atoms with E-state index in [0.717, 1.165) is 60.3 Å². The molecule has 3 aromatic rings. The molecule has 0 atom stereocenters. The molecule has 1 aromatic heterocycles. The van der Waals surface area contributed by atoms with Crippen LogP contribution >= 0.6 is 0 Å². The van der Waals surface area contributed by atoms with Crippen molar-refractivity contribution in [3.05, 3.63) is 71.9 Å². The third-order valence-electron chi connectivity index (χ3n) is 6.35. The van der Waals surface area contributed by atoms with E-state index in [2.05, 4.69) is 33.0 Å². The highest BCUT2D eigenvalue weighted by atomic mass is 16.2. The molecule has 6 heteroatoms. The van der Waals surface area contributed by atoms with E-state index in [9.17, 15) is 4.79 Å². The molecule has 6 nitrogen and oxygen atoms in total. The molecule has 0 unspecified atom stereocenters. The first-order valence-electron chi connectivity index (χ1n) is 11.5. The Bertz CT molecular complexity index is 1070. The van der Waals surface area contributed by atoms with Gasteiger partial charge in [0, 0.05) is 56.6 Å². The van der Waals surface area contributed by atoms with Crippen LogP contribution in [-0.4, -0.2) is 60.0 Å². The van der Waals surface area contributed by atoms with Crippen molar-refractivity contribution in [3.63, 3.8) is 0 Å². The third kappa shape index (κ3) is 4.31. The van der Waals surface area contributed by atoms with Crippen molar-refractivity contribution in [1.29, 1.82) is 0 Å². The highest BCUT2D eigenvalue weighted by molar-refractivity contribution is 5.94. The van der Waals surface area contributed by atoms with Crippen LogP contribution in [0.2, 0.25) is 0 Å². The van der Waals surface area contributed by atoms with Gasteiger partial charge in [-0.05, 0) is 43.0 Å². The second-order valence-electron chi connectivity index (χ2n) is 8.58. The van der Waals surface area contributed by atoms with E-state index in [1.165, 1.54) is 12.8 Å². The minimum Gasteiger partial charge on any atom is -0.356 e. The molecule has 2 aromatic carbocycles. The number of hydrogen-bond acceptors (Lipinski definition) is 5. The number of anilines is 2. The van der Waals surface area contributed by atoms with Crippen LogP contribution in [0.5, 0.6) is 0 Å². The van der Waals surface area contributed by atoms with E-state index in [1.54, 1.807) is 0 Å². The van der Waals surface area contributed by atoms with Crippen molar-refractivity contribution >= 4 is 17.7 Å². The number of nitrogens with zero attached hydrogens (tertiary/aromatic N) is 5. The van der Waals surface area contributed by atoms with Crippen LogP contribution in [0.3, 0.4) is 0 Å². The van der Waals surface area contributed by atoms with Crippen LogP contribution in [0.25, 0.3) is 11.1 Å². The SMILES string of the molecule is Cc1cc(N2CCCC2)nc(N2CCN(C(=O)c3ccc(-c4ccccc4)cc3)CC2)n1. The van der Waals surface area contributed by atoms with Gasteiger partial charge in [-0.1, -0.05) is 42.5 Å². The molecule has 0 N–H and O–H groups in total. The lowest BCUT2D eigenvalue weighted by molar-refractivity contribution is 0.0746. The Morgan fingerprint density at radius 2 is 1.41 bits per heavy atom. The number of amides is 1. The summed E-state index contributed by atoms with van der Waals surface area (Å²) in [7, 11) is 0. The number of aromatic nitrogens is 2. The number of piperazine rings is 1. The molecule has 0 saturated carbocycles. The minimum absolute atomic E-state index is 0.0900. The van der Waals surface area contributed by atoms with Gasteiger partial charge in [0.25, 0.3) is 5.91 Å². The first kappa shape index (κ1) is 20.5. The summed E-state index contributed by atoms with van der Waals surface area (Å²) in [6.07, 6.45) is 2.46. The second-order valence-corrected chi connectivity index (χ2v) is 8.58. The molecule has 3 heterocycles. The number of carbonyl (C=O) groups excluding carboxylic acids is 1. The lowest BCUT2D eigenvalue weighted by Crippen LogP contribution is -2.49. The maximum Gasteiger partial charge on any atom is 0.253 e. The molecule has 0 radical (unpaired) electrons. The maximum absolute atomic E-state index is 13.0. The first-order chi connectivity index (χ1) is 15.7. The Balaban J connectivity index is 1.23. The Kier molecular flexibility index (Phi) is 5.75. The molecule has 0 aliphatic carbocycles. The fraction of sp³-hybridized carbons (Fsp3) is 0.346. The Morgan fingerprint density at radius 1 is 0.750 bits per heavy atom. The molecule has 164 valence electrons. The highest BCUT2D eigenvalue weighted by Gasteiger charge is 2.25. The Morgan fingerprint density at radius 3 is 2.09 bits per heavy atom. The van der Waals surface area contributed by atoms with Gasteiger partial charge in [-0.25, -0.2) is 4.98 Å². The summed E-state index contributed by atoms with van der Waals surface area (Å²) in [6, 6.07) is 20.2. The van der Waals surface area contributed by atoms with Gasteiger partial charge >= 0.3 is 0 Å². The quantitative estimate of drug-likeness (QED) is 0.630. The fourth-order valence-corrected chi connectivity index (χ4v) is 4.51. The van der Waals surface area contributed by atoms with Crippen molar-refractivity contribution in [2.75, 3.05) is 49.1 Å². The zero-order valence-corrected chi connectivity index (χ0v) is 18.6. The molecule has 2 aliphatic rings. The van der Waals surface area contributed by atoms with Crippen LogP contribution in [0.1, 0.15) is 28.9 Å². The van der Waals surface area contributed by atoms with Gasteiger partial charge in [-0.3, -0.25) is 4.79 Å². The lowest BCUT2D eigenvalue weighted by atomic mass is 10.0. The maximum atomic E-state index is 13.0. The molecular weight excluding hydrogens is 398 g/mol. The van der Waals surface area contributed by atoms with E-state index < -0.39 is 0 Å². The molecule has 5 rings (SSSR count). The monoisotopic (exact) mass is 427 g/mol. The molecular formula is C26H29N5O. The summed E-state index contributed by atoms with van der Waals surface area (Å²) in [5, 5.41) is 0. The lowest BCUT2D eigenvalue weighted by Gasteiger charge is -2.35. The standard InChI is InChI=1S/C26H29N5O/c1-20-19-24(29-13-5-6-14-29)28-26(27-20)31-17-15-30(16-18-31)25(32)23-11-9-22(10-12-23)21-7-3-2-4-8-21/h2-4,7-12,19H,5-6,13-18H2,1H3. The largest absolute Gasteiger partial charge is 0.356 e. The van der Waals surface area contributed by atoms with Crippen molar-refractivity contribution < 1.29 is 4.79 Å². The molecule has 0 spiro atoms. The number of rotatable bonds is 4. The fourth-order valence-electron chi connectivity index (χ4n) is 4.51. The van der Waals surface area contributed by atoms with Crippen LogP contribution in [-0.2, 0) is 0 Å². The zero-order valence-electron chi connectivity index (χ0n) is 18.6. The topological polar surface area (TPSA) is 52.6 Å². The second kappa shape index (κ2) is 8.99. The molecule has 1 amide bonds. The molecule has 32 heavy (non-hydrogen) atoms. The third-order valence-corrected chi connectivity index (χ3v) is 6.35. The first-order valence-corrected chi connectivity index (χ1v) is 11.5. The van der Waals surface area contributed by atoms with E-state index in [0.29, 0.717) is 13.1 Å². The van der Waals surface area contributed by atoms with Gasteiger partial charge in [-0.2, -0.15) is 4.98 Å². The molecule has 2 fully saturated rings. The minimum atomic E-state index is 0.0900. The van der Waals surface area contributed by atoms with Gasteiger partial charge in [0.15, 0.2) is 0 Å². The van der Waals surface area contributed by atoms with Gasteiger partial charge in [-0.15, -0.1) is 0 Å².